The summed E-state index contributed by atoms with van der Waals surface area (Å²) in [5.74, 6) is 0. The summed E-state index contributed by atoms with van der Waals surface area (Å²) in [4.78, 5) is 2.72. The summed E-state index contributed by atoms with van der Waals surface area (Å²) < 4.78 is 0. The largest absolute Gasteiger partial charge is 0.355 e. The van der Waals surface area contributed by atoms with Gasteiger partial charge in [0.15, 0.2) is 7.28 Å². The van der Waals surface area contributed by atoms with Crippen molar-refractivity contribution < 1.29 is 0 Å². The zero-order chi connectivity index (χ0) is 51.9. The van der Waals surface area contributed by atoms with E-state index in [0.29, 0.717) is 0 Å². The van der Waals surface area contributed by atoms with Gasteiger partial charge in [0.25, 0.3) is 0 Å². The Balaban J connectivity index is 1.24. The zero-order valence-corrected chi connectivity index (χ0v) is 47.2. The van der Waals surface area contributed by atoms with Gasteiger partial charge in [-0.15, -0.1) is 0 Å². The highest BCUT2D eigenvalue weighted by Gasteiger charge is 2.43. The van der Waals surface area contributed by atoms with E-state index in [1.165, 1.54) is 143 Å². The summed E-state index contributed by atoms with van der Waals surface area (Å²) in [6.45, 7) is 38.9. The molecule has 2 nitrogen and oxygen atoms in total. The van der Waals surface area contributed by atoms with Crippen molar-refractivity contribution in [2.24, 2.45) is 0 Å². The molecule has 0 saturated carbocycles. The van der Waals surface area contributed by atoms with Crippen molar-refractivity contribution in [2.45, 2.75) is 182 Å². The van der Waals surface area contributed by atoms with E-state index in [2.05, 4.69) is 244 Å². The van der Waals surface area contributed by atoms with E-state index in [1.807, 2.05) is 0 Å². The second-order valence-corrected chi connectivity index (χ2v) is 27.2. The second kappa shape index (κ2) is 16.9. The van der Waals surface area contributed by atoms with Crippen LogP contribution in [0.5, 0.6) is 0 Å². The highest BCUT2D eigenvalue weighted by Crippen LogP contribution is 2.54. The van der Waals surface area contributed by atoms with Crippen molar-refractivity contribution in [1.82, 2.24) is 0 Å². The molecule has 0 bridgehead atoms. The minimum Gasteiger partial charge on any atom is -0.355 e. The second-order valence-electron chi connectivity index (χ2n) is 27.2. The lowest BCUT2D eigenvalue weighted by molar-refractivity contribution is 0.331. The average molecular weight is 960 g/mol. The van der Waals surface area contributed by atoms with Crippen molar-refractivity contribution in [3.05, 3.63) is 171 Å². The lowest BCUT2D eigenvalue weighted by Gasteiger charge is -2.46. The normalized spacial score (nSPS) is 19.1. The van der Waals surface area contributed by atoms with Crippen molar-refractivity contribution in [2.75, 3.05) is 10.2 Å². The van der Waals surface area contributed by atoms with Gasteiger partial charge in [-0.05, 0) is 231 Å². The summed E-state index contributed by atoms with van der Waals surface area (Å²) in [7, 11) is 2.58. The lowest BCUT2D eigenvalue weighted by Crippen LogP contribution is -2.44. The van der Waals surface area contributed by atoms with Gasteiger partial charge in [-0.2, -0.15) is 0 Å². The molecule has 7 aromatic rings. The monoisotopic (exact) mass is 960 g/mol. The van der Waals surface area contributed by atoms with Crippen molar-refractivity contribution in [3.63, 3.8) is 0 Å². The molecular formula is C70H80BN2. The minimum absolute atomic E-state index is 0.0118. The number of nitrogens with one attached hydrogen (secondary N) is 1. The standard InChI is InChI=1S/C70H80BN2/c1-42-32-44(3)63(45(4)33-42)48-35-51(50-37-53-55(68(11,12)29-27-66(53,7)8)39-59(50)72-49-24-22-47(23-25-49)46-20-18-17-19-21-46)64-62(36-48)73(60-40-56-52(34-43(60)2)65(5,6)26-30-69(56,13)14)61-41-57-54(38-58(61)71-64)67(9,10)28-31-70(57,15)16/h17-25,32-41,72H,26-31H2,1-16H3. The fraction of sp³-hybridized carbons (Fsp3) is 0.400. The number of hydrogen-bond acceptors (Lipinski definition) is 2. The Bertz CT molecular complexity index is 3330. The van der Waals surface area contributed by atoms with Crippen molar-refractivity contribution in [1.29, 1.82) is 0 Å². The Kier molecular flexibility index (Phi) is 11.4. The van der Waals surface area contributed by atoms with Crippen LogP contribution in [0.25, 0.3) is 33.4 Å². The molecule has 4 aliphatic rings. The first kappa shape index (κ1) is 49.4. The molecule has 0 atom stereocenters. The first-order valence-corrected chi connectivity index (χ1v) is 27.6. The van der Waals surface area contributed by atoms with Crippen LogP contribution >= 0.6 is 0 Å². The van der Waals surface area contributed by atoms with Gasteiger partial charge in [0.1, 0.15) is 0 Å². The quantitative estimate of drug-likeness (QED) is 0.167. The highest BCUT2D eigenvalue weighted by molar-refractivity contribution is 6.73. The van der Waals surface area contributed by atoms with Crippen LogP contribution in [0.4, 0.5) is 28.4 Å². The number of rotatable bonds is 6. The lowest BCUT2D eigenvalue weighted by atomic mass is 9.54. The van der Waals surface area contributed by atoms with Crippen LogP contribution in [0, 0.1) is 27.7 Å². The Morgan fingerprint density at radius 2 is 0.863 bits per heavy atom. The topological polar surface area (TPSA) is 15.3 Å². The molecule has 0 aromatic heterocycles. The third-order valence-electron chi connectivity index (χ3n) is 18.9. The van der Waals surface area contributed by atoms with Crippen LogP contribution in [0.1, 0.15) is 177 Å². The van der Waals surface area contributed by atoms with Crippen LogP contribution in [-0.4, -0.2) is 7.28 Å². The smallest absolute Gasteiger partial charge is 0.197 e. The highest BCUT2D eigenvalue weighted by atomic mass is 15.2. The van der Waals surface area contributed by atoms with Gasteiger partial charge in [-0.1, -0.05) is 161 Å². The molecule has 7 aromatic carbocycles. The third-order valence-corrected chi connectivity index (χ3v) is 18.9. The van der Waals surface area contributed by atoms with Gasteiger partial charge in [0, 0.05) is 34.0 Å². The SMILES string of the molecule is Cc1cc(C)c(-c2cc(-c3cc4c(cc3Nc3ccc(-c5ccccc5)cc3)C(C)(C)CCC4(C)C)c3c(c2)N(c2cc4c(cc2C)C(C)(C)CCC4(C)C)c2cc4c(cc2[B]3)C(C)(C)CCC4(C)C)c(C)c1. The summed E-state index contributed by atoms with van der Waals surface area (Å²) in [5.41, 5.74) is 30.7. The van der Waals surface area contributed by atoms with Gasteiger partial charge in [-0.3, -0.25) is 0 Å². The van der Waals surface area contributed by atoms with Crippen LogP contribution in [0.3, 0.4) is 0 Å². The van der Waals surface area contributed by atoms with Crippen LogP contribution < -0.4 is 21.1 Å². The molecule has 373 valence electrons. The van der Waals surface area contributed by atoms with E-state index in [4.69, 9.17) is 0 Å². The van der Waals surface area contributed by atoms with Crippen LogP contribution in [0.2, 0.25) is 0 Å². The molecule has 1 N–H and O–H groups in total. The first-order valence-electron chi connectivity index (χ1n) is 27.6. The van der Waals surface area contributed by atoms with Crippen molar-refractivity contribution in [3.8, 4) is 33.4 Å². The maximum absolute atomic E-state index is 4.12. The summed E-state index contributed by atoms with van der Waals surface area (Å²) >= 11 is 0. The van der Waals surface area contributed by atoms with Gasteiger partial charge in [0.2, 0.25) is 0 Å². The number of anilines is 5. The Morgan fingerprint density at radius 1 is 0.397 bits per heavy atom. The zero-order valence-electron chi connectivity index (χ0n) is 47.2. The molecule has 3 aliphatic carbocycles. The fourth-order valence-corrected chi connectivity index (χ4v) is 13.9. The fourth-order valence-electron chi connectivity index (χ4n) is 13.9. The number of hydrogen-bond donors (Lipinski definition) is 1. The summed E-state index contributed by atoms with van der Waals surface area (Å²) in [6, 6.07) is 45.3. The Hall–Kier alpha value is -5.80. The number of benzene rings is 7. The summed E-state index contributed by atoms with van der Waals surface area (Å²) in [6.07, 6.45) is 7.01. The van der Waals surface area contributed by atoms with Gasteiger partial charge in [0.05, 0.1) is 0 Å². The predicted octanol–water partition coefficient (Wildman–Crippen LogP) is 18.2. The van der Waals surface area contributed by atoms with E-state index < -0.39 is 0 Å². The Morgan fingerprint density at radius 3 is 1.41 bits per heavy atom. The average Bonchev–Trinajstić information content (AvgIpc) is 3.32. The summed E-state index contributed by atoms with van der Waals surface area (Å²) in [5, 5.41) is 4.12. The van der Waals surface area contributed by atoms with E-state index >= 15 is 0 Å². The molecule has 0 unspecified atom stereocenters. The number of aryl methyl sites for hydroxylation is 4. The molecule has 1 aliphatic heterocycles. The van der Waals surface area contributed by atoms with E-state index in [9.17, 15) is 0 Å². The number of fused-ring (bicyclic) bond motifs is 5. The van der Waals surface area contributed by atoms with Crippen LogP contribution in [0.15, 0.2) is 115 Å². The van der Waals surface area contributed by atoms with E-state index in [0.717, 1.165) is 24.2 Å². The van der Waals surface area contributed by atoms with Crippen molar-refractivity contribution >= 4 is 46.6 Å². The maximum Gasteiger partial charge on any atom is 0.197 e. The van der Waals surface area contributed by atoms with Gasteiger partial charge in [-0.25, -0.2) is 0 Å². The Labute approximate surface area is 440 Å². The molecule has 11 rings (SSSR count). The molecule has 0 fully saturated rings. The molecule has 1 radical (unpaired) electrons. The van der Waals surface area contributed by atoms with Gasteiger partial charge < -0.3 is 10.2 Å². The first-order chi connectivity index (χ1) is 34.2. The molecular weight excluding hydrogens is 880 g/mol. The predicted molar refractivity (Wildman–Crippen MR) is 317 cm³/mol. The maximum atomic E-state index is 4.12. The molecule has 3 heteroatoms. The third kappa shape index (κ3) is 8.31. The van der Waals surface area contributed by atoms with E-state index in [1.54, 1.807) is 0 Å². The number of nitrogens with zero attached hydrogens (tertiary/aromatic N) is 1. The molecule has 0 saturated heterocycles. The van der Waals surface area contributed by atoms with Crippen LogP contribution in [-0.2, 0) is 32.5 Å². The molecule has 0 amide bonds. The van der Waals surface area contributed by atoms with Gasteiger partial charge >= 0.3 is 0 Å². The molecule has 73 heavy (non-hydrogen) atoms. The van der Waals surface area contributed by atoms with E-state index in [-0.39, 0.29) is 32.5 Å². The molecule has 0 spiro atoms. The molecule has 1 heterocycles. The minimum atomic E-state index is 0.0118.